The molecule has 0 aliphatic carbocycles. The Morgan fingerprint density at radius 2 is 1.50 bits per heavy atom. The smallest absolute Gasteiger partial charge is 0.338 e. The van der Waals surface area contributed by atoms with Crippen LogP contribution in [-0.4, -0.2) is 27.6 Å². The van der Waals surface area contributed by atoms with E-state index in [9.17, 15) is 13.2 Å². The summed E-state index contributed by atoms with van der Waals surface area (Å²) in [5.41, 5.74) is 2.92. The van der Waals surface area contributed by atoms with Crippen LogP contribution in [0.3, 0.4) is 0 Å². The number of hydrogen-bond donors (Lipinski definition) is 1. The summed E-state index contributed by atoms with van der Waals surface area (Å²) in [4.78, 5) is 12.2. The Morgan fingerprint density at radius 3 is 2.13 bits per heavy atom. The minimum absolute atomic E-state index is 0.0565. The number of ether oxygens (including phenoxy) is 2. The molecule has 3 rings (SSSR count). The quantitative estimate of drug-likeness (QED) is 0.429. The van der Waals surface area contributed by atoms with Crippen molar-refractivity contribution >= 4 is 21.7 Å². The molecular weight excluding hydrogens is 402 g/mol. The fourth-order valence-electron chi connectivity index (χ4n) is 2.88. The highest BCUT2D eigenvalue weighted by Gasteiger charge is 2.15. The standard InChI is InChI=1S/C23H23NO5S/c1-17-14-18(2)16-21(15-17)28-12-13-29-23(25)19-8-10-22(11-9-19)30(26,27)24-20-6-4-3-5-7-20/h3-11,14-16,24H,12-13H2,1-2H3. The number of carbonyl (C=O) groups excluding carboxylic acids is 1. The van der Waals surface area contributed by atoms with E-state index in [1.54, 1.807) is 30.3 Å². The van der Waals surface area contributed by atoms with E-state index in [4.69, 9.17) is 9.47 Å². The highest BCUT2D eigenvalue weighted by atomic mass is 32.2. The fraction of sp³-hybridized carbons (Fsp3) is 0.174. The van der Waals surface area contributed by atoms with Crippen LogP contribution in [0.1, 0.15) is 21.5 Å². The van der Waals surface area contributed by atoms with Gasteiger partial charge >= 0.3 is 5.97 Å². The summed E-state index contributed by atoms with van der Waals surface area (Å²) in [6.45, 7) is 4.28. The number of esters is 1. The largest absolute Gasteiger partial charge is 0.490 e. The van der Waals surface area contributed by atoms with E-state index in [0.717, 1.165) is 16.9 Å². The summed E-state index contributed by atoms with van der Waals surface area (Å²) >= 11 is 0. The molecule has 0 aliphatic rings. The third kappa shape index (κ3) is 5.84. The van der Waals surface area contributed by atoms with E-state index < -0.39 is 16.0 Å². The van der Waals surface area contributed by atoms with Gasteiger partial charge in [0.05, 0.1) is 10.5 Å². The molecule has 0 saturated heterocycles. The van der Waals surface area contributed by atoms with Gasteiger partial charge in [-0.05, 0) is 73.5 Å². The molecule has 0 fully saturated rings. The van der Waals surface area contributed by atoms with Gasteiger partial charge in [0.15, 0.2) is 0 Å². The Balaban J connectivity index is 1.53. The molecule has 1 N–H and O–H groups in total. The van der Waals surface area contributed by atoms with Gasteiger partial charge < -0.3 is 9.47 Å². The Kier molecular flexibility index (Phi) is 6.74. The highest BCUT2D eigenvalue weighted by Crippen LogP contribution is 2.17. The molecule has 156 valence electrons. The molecule has 0 unspecified atom stereocenters. The first-order valence-corrected chi connectivity index (χ1v) is 10.9. The van der Waals surface area contributed by atoms with E-state index in [2.05, 4.69) is 4.72 Å². The fourth-order valence-corrected chi connectivity index (χ4v) is 3.94. The number of rotatable bonds is 8. The molecule has 0 bridgehead atoms. The van der Waals surface area contributed by atoms with Crippen molar-refractivity contribution < 1.29 is 22.7 Å². The molecule has 3 aromatic carbocycles. The number of nitrogens with one attached hydrogen (secondary N) is 1. The first-order valence-electron chi connectivity index (χ1n) is 9.40. The van der Waals surface area contributed by atoms with Crippen molar-refractivity contribution in [2.24, 2.45) is 0 Å². The van der Waals surface area contributed by atoms with E-state index in [1.807, 2.05) is 32.0 Å². The van der Waals surface area contributed by atoms with Gasteiger partial charge in [-0.3, -0.25) is 4.72 Å². The number of anilines is 1. The van der Waals surface area contributed by atoms with Crippen LogP contribution in [0, 0.1) is 13.8 Å². The number of hydrogen-bond acceptors (Lipinski definition) is 5. The van der Waals surface area contributed by atoms with E-state index in [-0.39, 0.29) is 23.7 Å². The van der Waals surface area contributed by atoms with Gasteiger partial charge in [0.25, 0.3) is 10.0 Å². The first-order chi connectivity index (χ1) is 14.3. The molecular formula is C23H23NO5S. The molecule has 3 aromatic rings. The normalized spacial score (nSPS) is 11.0. The summed E-state index contributed by atoms with van der Waals surface area (Å²) in [6, 6.07) is 20.0. The van der Waals surface area contributed by atoms with Crippen LogP contribution < -0.4 is 9.46 Å². The second kappa shape index (κ2) is 9.45. The summed E-state index contributed by atoms with van der Waals surface area (Å²) < 4.78 is 38.2. The lowest BCUT2D eigenvalue weighted by atomic mass is 10.1. The Hall–Kier alpha value is -3.32. The van der Waals surface area contributed by atoms with Crippen molar-refractivity contribution in [3.63, 3.8) is 0 Å². The second-order valence-corrected chi connectivity index (χ2v) is 8.49. The SMILES string of the molecule is Cc1cc(C)cc(OCCOC(=O)c2ccc(S(=O)(=O)Nc3ccccc3)cc2)c1. The average molecular weight is 426 g/mol. The Morgan fingerprint density at radius 1 is 0.867 bits per heavy atom. The molecule has 0 spiro atoms. The predicted molar refractivity (Wildman–Crippen MR) is 115 cm³/mol. The third-order valence-electron chi connectivity index (χ3n) is 4.21. The van der Waals surface area contributed by atoms with Crippen molar-refractivity contribution in [1.82, 2.24) is 0 Å². The van der Waals surface area contributed by atoms with Crippen molar-refractivity contribution in [2.45, 2.75) is 18.7 Å². The molecule has 0 amide bonds. The van der Waals surface area contributed by atoms with Gasteiger partial charge in [-0.1, -0.05) is 24.3 Å². The van der Waals surface area contributed by atoms with Crippen LogP contribution >= 0.6 is 0 Å². The molecule has 0 heterocycles. The van der Waals surface area contributed by atoms with Gasteiger partial charge in [-0.25, -0.2) is 13.2 Å². The molecule has 0 saturated carbocycles. The van der Waals surface area contributed by atoms with E-state index >= 15 is 0 Å². The van der Waals surface area contributed by atoms with Crippen LogP contribution in [0.4, 0.5) is 5.69 Å². The first kappa shape index (κ1) is 21.4. The number of para-hydroxylation sites is 1. The predicted octanol–water partition coefficient (Wildman–Crippen LogP) is 4.34. The maximum Gasteiger partial charge on any atom is 0.338 e. The number of aryl methyl sites for hydroxylation is 2. The summed E-state index contributed by atoms with van der Waals surface area (Å²) in [5.74, 6) is 0.183. The average Bonchev–Trinajstić information content (AvgIpc) is 2.71. The van der Waals surface area contributed by atoms with Gasteiger partial charge in [-0.2, -0.15) is 0 Å². The topological polar surface area (TPSA) is 81.7 Å². The molecule has 7 heteroatoms. The zero-order chi connectivity index (χ0) is 21.6. The molecule has 30 heavy (non-hydrogen) atoms. The molecule has 0 radical (unpaired) electrons. The third-order valence-corrected chi connectivity index (χ3v) is 5.60. The van der Waals surface area contributed by atoms with Gasteiger partial charge in [0, 0.05) is 5.69 Å². The number of benzene rings is 3. The molecule has 0 atom stereocenters. The summed E-state index contributed by atoms with van der Waals surface area (Å²) in [5, 5.41) is 0. The maximum atomic E-state index is 12.4. The van der Waals surface area contributed by atoms with Crippen LogP contribution in [0.5, 0.6) is 5.75 Å². The highest BCUT2D eigenvalue weighted by molar-refractivity contribution is 7.92. The minimum Gasteiger partial charge on any atom is -0.490 e. The maximum absolute atomic E-state index is 12.4. The monoisotopic (exact) mass is 425 g/mol. The van der Waals surface area contributed by atoms with Gasteiger partial charge in [-0.15, -0.1) is 0 Å². The lowest BCUT2D eigenvalue weighted by molar-refractivity contribution is 0.0450. The van der Waals surface area contributed by atoms with Crippen molar-refractivity contribution in [1.29, 1.82) is 0 Å². The Labute approximate surface area is 176 Å². The van der Waals surface area contributed by atoms with E-state index in [1.165, 1.54) is 24.3 Å². The van der Waals surface area contributed by atoms with Gasteiger partial charge in [0.2, 0.25) is 0 Å². The lowest BCUT2D eigenvalue weighted by Crippen LogP contribution is -2.14. The lowest BCUT2D eigenvalue weighted by Gasteiger charge is -2.10. The minimum atomic E-state index is -3.74. The van der Waals surface area contributed by atoms with E-state index in [0.29, 0.717) is 5.69 Å². The van der Waals surface area contributed by atoms with Crippen molar-refractivity contribution in [3.8, 4) is 5.75 Å². The molecule has 0 aromatic heterocycles. The zero-order valence-corrected chi connectivity index (χ0v) is 17.6. The molecule has 6 nitrogen and oxygen atoms in total. The zero-order valence-electron chi connectivity index (χ0n) is 16.8. The van der Waals surface area contributed by atoms with Crippen LogP contribution in [0.15, 0.2) is 77.7 Å². The second-order valence-electron chi connectivity index (χ2n) is 6.80. The number of carbonyl (C=O) groups is 1. The van der Waals surface area contributed by atoms with Crippen LogP contribution in [0.25, 0.3) is 0 Å². The molecule has 0 aliphatic heterocycles. The van der Waals surface area contributed by atoms with Crippen molar-refractivity contribution in [3.05, 3.63) is 89.5 Å². The van der Waals surface area contributed by atoms with Crippen LogP contribution in [0.2, 0.25) is 0 Å². The van der Waals surface area contributed by atoms with Gasteiger partial charge in [0.1, 0.15) is 19.0 Å². The summed E-state index contributed by atoms with van der Waals surface area (Å²) in [6.07, 6.45) is 0. The van der Waals surface area contributed by atoms with Crippen LogP contribution in [-0.2, 0) is 14.8 Å². The number of sulfonamides is 1. The Bertz CT molecular complexity index is 1090. The summed E-state index contributed by atoms with van der Waals surface area (Å²) in [7, 11) is -3.74. The van der Waals surface area contributed by atoms with Crippen molar-refractivity contribution in [2.75, 3.05) is 17.9 Å².